The number of ether oxygens (including phenoxy) is 1. The fourth-order valence-corrected chi connectivity index (χ4v) is 1.75. The molecule has 0 heterocycles. The molecule has 3 N–H and O–H groups in total. The zero-order valence-electron chi connectivity index (χ0n) is 8.95. The Balaban J connectivity index is 3.26. The molecule has 5 heteroatoms. The van der Waals surface area contributed by atoms with Crippen LogP contribution in [0, 0.1) is 0 Å². The molecule has 0 aliphatic rings. The van der Waals surface area contributed by atoms with Crippen LogP contribution < -0.4 is 5.32 Å². The van der Waals surface area contributed by atoms with Crippen LogP contribution in [0.2, 0.25) is 0 Å². The Morgan fingerprint density at radius 2 is 2.14 bits per heavy atom. The summed E-state index contributed by atoms with van der Waals surface area (Å²) in [5.41, 5.74) is -0.656. The Kier molecular flexibility index (Phi) is 8.61. The first-order valence-electron chi connectivity index (χ1n) is 4.73. The minimum atomic E-state index is -0.656. The number of rotatable bonds is 9. The molecule has 86 valence electrons. The maximum atomic E-state index is 9.75. The molecule has 0 aromatic carbocycles. The molecule has 1 unspecified atom stereocenters. The zero-order chi connectivity index (χ0) is 10.9. The van der Waals surface area contributed by atoms with Crippen LogP contribution in [0.5, 0.6) is 0 Å². The highest BCUT2D eigenvalue weighted by molar-refractivity contribution is 7.98. The Labute approximate surface area is 90.0 Å². The molecule has 0 aliphatic carbocycles. The van der Waals surface area contributed by atoms with Crippen molar-refractivity contribution in [2.75, 3.05) is 44.9 Å². The minimum absolute atomic E-state index is 0.0597. The van der Waals surface area contributed by atoms with Gasteiger partial charge >= 0.3 is 0 Å². The zero-order valence-corrected chi connectivity index (χ0v) is 9.77. The molecule has 14 heavy (non-hydrogen) atoms. The third kappa shape index (κ3) is 8.77. The van der Waals surface area contributed by atoms with Gasteiger partial charge in [0.15, 0.2) is 0 Å². The Morgan fingerprint density at radius 1 is 1.43 bits per heavy atom. The van der Waals surface area contributed by atoms with E-state index in [-0.39, 0.29) is 6.61 Å². The van der Waals surface area contributed by atoms with Gasteiger partial charge in [-0.1, -0.05) is 0 Å². The highest BCUT2D eigenvalue weighted by Crippen LogP contribution is 2.08. The summed E-state index contributed by atoms with van der Waals surface area (Å²) in [7, 11) is 0. The Bertz CT molecular complexity index is 133. The Morgan fingerprint density at radius 3 is 2.71 bits per heavy atom. The molecule has 0 aromatic heterocycles. The molecule has 0 spiro atoms. The Hall–Kier alpha value is 0.190. The van der Waals surface area contributed by atoms with E-state index in [1.54, 1.807) is 11.8 Å². The fourth-order valence-electron chi connectivity index (χ4n) is 1.03. The monoisotopic (exact) mass is 223 g/mol. The van der Waals surface area contributed by atoms with Crippen LogP contribution in [0.15, 0.2) is 0 Å². The number of nitrogens with one attached hydrogen (secondary N) is 1. The molecular weight excluding hydrogens is 202 g/mol. The second kappa shape index (κ2) is 8.49. The van der Waals surface area contributed by atoms with Crippen molar-refractivity contribution in [1.82, 2.24) is 5.32 Å². The van der Waals surface area contributed by atoms with Crippen molar-refractivity contribution in [1.29, 1.82) is 0 Å². The molecule has 1 atom stereocenters. The predicted octanol–water partition coefficient (Wildman–Crippen LogP) is -0.301. The van der Waals surface area contributed by atoms with Crippen molar-refractivity contribution in [2.24, 2.45) is 0 Å². The molecule has 4 nitrogen and oxygen atoms in total. The molecule has 0 radical (unpaired) electrons. The molecule has 0 fully saturated rings. The second-order valence-electron chi connectivity index (χ2n) is 3.44. The van der Waals surface area contributed by atoms with Gasteiger partial charge in [-0.05, 0) is 13.2 Å². The molecule has 0 rings (SSSR count). The van der Waals surface area contributed by atoms with Gasteiger partial charge in [-0.15, -0.1) is 0 Å². The number of hydrogen-bond acceptors (Lipinski definition) is 5. The number of aliphatic hydroxyl groups is 2. The number of thioether (sulfide) groups is 1. The van der Waals surface area contributed by atoms with E-state index in [0.29, 0.717) is 26.3 Å². The van der Waals surface area contributed by atoms with Crippen LogP contribution >= 0.6 is 11.8 Å². The summed E-state index contributed by atoms with van der Waals surface area (Å²) in [5.74, 6) is 0.720. The lowest BCUT2D eigenvalue weighted by Gasteiger charge is -2.22. The summed E-state index contributed by atoms with van der Waals surface area (Å²) < 4.78 is 5.06. The highest BCUT2D eigenvalue weighted by Gasteiger charge is 2.18. The van der Waals surface area contributed by atoms with Gasteiger partial charge in [-0.3, -0.25) is 0 Å². The van der Waals surface area contributed by atoms with Gasteiger partial charge in [-0.25, -0.2) is 0 Å². The van der Waals surface area contributed by atoms with Gasteiger partial charge in [0.1, 0.15) is 0 Å². The first-order chi connectivity index (χ1) is 6.62. The van der Waals surface area contributed by atoms with Gasteiger partial charge in [0.05, 0.1) is 25.4 Å². The van der Waals surface area contributed by atoms with Gasteiger partial charge in [0.25, 0.3) is 0 Å². The van der Waals surface area contributed by atoms with Crippen LogP contribution in [0.3, 0.4) is 0 Å². The maximum Gasteiger partial charge on any atom is 0.0833 e. The largest absolute Gasteiger partial charge is 0.394 e. The molecule has 0 amide bonds. The van der Waals surface area contributed by atoms with E-state index >= 15 is 0 Å². The first-order valence-corrected chi connectivity index (χ1v) is 6.12. The van der Waals surface area contributed by atoms with Crippen molar-refractivity contribution < 1.29 is 14.9 Å². The first kappa shape index (κ1) is 14.2. The maximum absolute atomic E-state index is 9.75. The van der Waals surface area contributed by atoms with Gasteiger partial charge in [0, 0.05) is 18.8 Å². The lowest BCUT2D eigenvalue weighted by molar-refractivity contribution is 0.0721. The standard InChI is InChI=1S/C9H21NO3S/c1-9(12,8-14-2)7-10-3-5-13-6-4-11/h10-12H,3-8H2,1-2H3. The predicted molar refractivity (Wildman–Crippen MR) is 59.8 cm³/mol. The van der Waals surface area contributed by atoms with Crippen molar-refractivity contribution in [2.45, 2.75) is 12.5 Å². The number of hydrogen-bond donors (Lipinski definition) is 3. The molecule has 0 aliphatic heterocycles. The highest BCUT2D eigenvalue weighted by atomic mass is 32.2. The molecule has 0 saturated carbocycles. The van der Waals surface area contributed by atoms with E-state index < -0.39 is 5.60 Å². The van der Waals surface area contributed by atoms with Crippen LogP contribution in [0.4, 0.5) is 0 Å². The van der Waals surface area contributed by atoms with Gasteiger partial charge in [-0.2, -0.15) is 11.8 Å². The molecule has 0 aromatic rings. The van der Waals surface area contributed by atoms with Crippen LogP contribution in [-0.2, 0) is 4.74 Å². The van der Waals surface area contributed by atoms with Crippen molar-refractivity contribution in [3.8, 4) is 0 Å². The van der Waals surface area contributed by atoms with Crippen LogP contribution in [0.1, 0.15) is 6.92 Å². The summed E-state index contributed by atoms with van der Waals surface area (Å²) in [6.07, 6.45) is 1.97. The quantitative estimate of drug-likeness (QED) is 0.468. The second-order valence-corrected chi connectivity index (χ2v) is 4.31. The van der Waals surface area contributed by atoms with E-state index in [9.17, 15) is 5.11 Å². The summed E-state index contributed by atoms with van der Waals surface area (Å²) >= 11 is 1.63. The fraction of sp³-hybridized carbons (Fsp3) is 1.00. The normalized spacial score (nSPS) is 15.4. The molecule has 0 saturated heterocycles. The number of aliphatic hydroxyl groups excluding tert-OH is 1. The minimum Gasteiger partial charge on any atom is -0.394 e. The van der Waals surface area contributed by atoms with Crippen molar-refractivity contribution >= 4 is 11.8 Å². The summed E-state index contributed by atoms with van der Waals surface area (Å²) in [4.78, 5) is 0. The van der Waals surface area contributed by atoms with E-state index in [2.05, 4.69) is 5.32 Å². The van der Waals surface area contributed by atoms with E-state index in [0.717, 1.165) is 5.75 Å². The van der Waals surface area contributed by atoms with Crippen LogP contribution in [0.25, 0.3) is 0 Å². The van der Waals surface area contributed by atoms with Gasteiger partial charge < -0.3 is 20.3 Å². The third-order valence-electron chi connectivity index (χ3n) is 1.62. The lowest BCUT2D eigenvalue weighted by atomic mass is 10.1. The van der Waals surface area contributed by atoms with Crippen molar-refractivity contribution in [3.05, 3.63) is 0 Å². The summed E-state index contributed by atoms with van der Waals surface area (Å²) in [6, 6.07) is 0. The van der Waals surface area contributed by atoms with E-state index in [4.69, 9.17) is 9.84 Å². The summed E-state index contributed by atoms with van der Waals surface area (Å²) in [6.45, 7) is 4.08. The van der Waals surface area contributed by atoms with Crippen LogP contribution in [-0.4, -0.2) is 60.7 Å². The average Bonchev–Trinajstić information content (AvgIpc) is 2.11. The smallest absolute Gasteiger partial charge is 0.0833 e. The van der Waals surface area contributed by atoms with Gasteiger partial charge in [0.2, 0.25) is 0 Å². The molecule has 0 bridgehead atoms. The summed E-state index contributed by atoms with van der Waals surface area (Å²) in [5, 5.41) is 21.3. The molecular formula is C9H21NO3S. The third-order valence-corrected chi connectivity index (χ3v) is 2.53. The van der Waals surface area contributed by atoms with E-state index in [1.165, 1.54) is 0 Å². The SMILES string of the molecule is CSCC(C)(O)CNCCOCCO. The van der Waals surface area contributed by atoms with Crippen molar-refractivity contribution in [3.63, 3.8) is 0 Å². The average molecular weight is 223 g/mol. The topological polar surface area (TPSA) is 61.7 Å². The lowest BCUT2D eigenvalue weighted by Crippen LogP contribution is -2.41. The van der Waals surface area contributed by atoms with E-state index in [1.807, 2.05) is 13.2 Å².